The van der Waals surface area contributed by atoms with E-state index in [9.17, 15) is 0 Å². The van der Waals surface area contributed by atoms with Gasteiger partial charge in [-0.3, -0.25) is 0 Å². The summed E-state index contributed by atoms with van der Waals surface area (Å²) in [7, 11) is 1.74. The highest BCUT2D eigenvalue weighted by atomic mass is 32.1. The number of nitrogens with two attached hydrogens (primary N) is 1. The van der Waals surface area contributed by atoms with E-state index in [0.29, 0.717) is 0 Å². The average molecular weight is 227 g/mol. The van der Waals surface area contributed by atoms with Crippen LogP contribution in [0.5, 0.6) is 0 Å². The van der Waals surface area contributed by atoms with Crippen LogP contribution in [0, 0.1) is 0 Å². The van der Waals surface area contributed by atoms with E-state index in [-0.39, 0.29) is 12.1 Å². The first kappa shape index (κ1) is 12.7. The molecule has 1 aromatic heterocycles. The van der Waals surface area contributed by atoms with Gasteiger partial charge in [-0.25, -0.2) is 0 Å². The molecule has 0 spiro atoms. The van der Waals surface area contributed by atoms with Gasteiger partial charge in [0.05, 0.1) is 6.10 Å². The molecule has 1 rings (SSSR count). The first-order valence-electron chi connectivity index (χ1n) is 5.57. The summed E-state index contributed by atoms with van der Waals surface area (Å²) in [4.78, 5) is 2.80. The molecule has 2 N–H and O–H groups in total. The summed E-state index contributed by atoms with van der Waals surface area (Å²) in [6, 6.07) is 4.50. The van der Waals surface area contributed by atoms with E-state index < -0.39 is 0 Å². The van der Waals surface area contributed by atoms with Gasteiger partial charge >= 0.3 is 0 Å². The average Bonchev–Trinajstić information content (AvgIpc) is 2.67. The molecule has 86 valence electrons. The van der Waals surface area contributed by atoms with Crippen molar-refractivity contribution in [3.63, 3.8) is 0 Å². The lowest BCUT2D eigenvalue weighted by atomic mass is 10.1. The second-order valence-electron chi connectivity index (χ2n) is 3.77. The summed E-state index contributed by atoms with van der Waals surface area (Å²) < 4.78 is 5.35. The van der Waals surface area contributed by atoms with Gasteiger partial charge < -0.3 is 10.5 Å². The van der Waals surface area contributed by atoms with Crippen molar-refractivity contribution in [2.24, 2.45) is 5.73 Å². The summed E-state index contributed by atoms with van der Waals surface area (Å²) in [6.07, 6.45) is 3.19. The molecule has 3 heteroatoms. The molecule has 0 amide bonds. The zero-order valence-electron chi connectivity index (χ0n) is 9.82. The third-order valence-electron chi connectivity index (χ3n) is 2.69. The van der Waals surface area contributed by atoms with Crippen molar-refractivity contribution in [2.45, 2.75) is 45.3 Å². The van der Waals surface area contributed by atoms with Gasteiger partial charge in [-0.05, 0) is 31.4 Å². The molecule has 15 heavy (non-hydrogen) atoms. The molecule has 0 aliphatic heterocycles. The van der Waals surface area contributed by atoms with Crippen molar-refractivity contribution in [3.8, 4) is 0 Å². The maximum absolute atomic E-state index is 6.10. The molecule has 0 saturated heterocycles. The maximum Gasteiger partial charge on any atom is 0.0723 e. The van der Waals surface area contributed by atoms with Crippen LogP contribution in [0.4, 0.5) is 0 Å². The Morgan fingerprint density at radius 3 is 2.47 bits per heavy atom. The molecule has 0 bridgehead atoms. The van der Waals surface area contributed by atoms with E-state index in [4.69, 9.17) is 10.5 Å². The summed E-state index contributed by atoms with van der Waals surface area (Å²) in [5, 5.41) is 0. The normalized spacial score (nSPS) is 15.2. The highest BCUT2D eigenvalue weighted by Crippen LogP contribution is 2.19. The van der Waals surface area contributed by atoms with Gasteiger partial charge in [-0.2, -0.15) is 0 Å². The summed E-state index contributed by atoms with van der Waals surface area (Å²) in [5.74, 6) is 0. The van der Waals surface area contributed by atoms with E-state index in [2.05, 4.69) is 26.0 Å². The Kier molecular flexibility index (Phi) is 5.29. The quantitative estimate of drug-likeness (QED) is 0.811. The topological polar surface area (TPSA) is 35.2 Å². The van der Waals surface area contributed by atoms with E-state index >= 15 is 0 Å². The molecule has 0 fully saturated rings. The van der Waals surface area contributed by atoms with Crippen LogP contribution in [-0.2, 0) is 17.6 Å². The highest BCUT2D eigenvalue weighted by Gasteiger charge is 2.16. The van der Waals surface area contributed by atoms with Crippen LogP contribution in [0.25, 0.3) is 0 Å². The second-order valence-corrected chi connectivity index (χ2v) is 5.02. The van der Waals surface area contributed by atoms with Gasteiger partial charge in [-0.15, -0.1) is 11.3 Å². The third-order valence-corrected chi connectivity index (χ3v) is 3.94. The molecule has 2 unspecified atom stereocenters. The molecule has 0 aromatic carbocycles. The third kappa shape index (κ3) is 3.59. The van der Waals surface area contributed by atoms with Crippen molar-refractivity contribution in [3.05, 3.63) is 21.9 Å². The fraction of sp³-hybridized carbons (Fsp3) is 0.667. The predicted octanol–water partition coefficient (Wildman–Crippen LogP) is 2.61. The minimum absolute atomic E-state index is 0.114. The van der Waals surface area contributed by atoms with Crippen molar-refractivity contribution in [1.29, 1.82) is 0 Å². The smallest absolute Gasteiger partial charge is 0.0723 e. The van der Waals surface area contributed by atoms with E-state index in [1.165, 1.54) is 9.75 Å². The number of hydrogen-bond donors (Lipinski definition) is 1. The molecule has 0 radical (unpaired) electrons. The molecule has 2 nitrogen and oxygen atoms in total. The Labute approximate surface area is 96.4 Å². The minimum Gasteiger partial charge on any atom is -0.380 e. The number of hydrogen-bond acceptors (Lipinski definition) is 3. The predicted molar refractivity (Wildman–Crippen MR) is 66.5 cm³/mol. The Morgan fingerprint density at radius 2 is 2.00 bits per heavy atom. The van der Waals surface area contributed by atoms with E-state index in [1.807, 2.05) is 11.3 Å². The molecule has 0 aliphatic carbocycles. The zero-order chi connectivity index (χ0) is 11.3. The fourth-order valence-electron chi connectivity index (χ4n) is 1.73. The van der Waals surface area contributed by atoms with Crippen LogP contribution in [0.2, 0.25) is 0 Å². The first-order chi connectivity index (χ1) is 7.21. The Hall–Kier alpha value is -0.380. The van der Waals surface area contributed by atoms with Crippen LogP contribution >= 0.6 is 11.3 Å². The lowest BCUT2D eigenvalue weighted by molar-refractivity contribution is 0.0775. The lowest BCUT2D eigenvalue weighted by Crippen LogP contribution is -2.37. The number of rotatable bonds is 6. The van der Waals surface area contributed by atoms with Crippen molar-refractivity contribution < 1.29 is 4.74 Å². The van der Waals surface area contributed by atoms with Crippen LogP contribution in [0.3, 0.4) is 0 Å². The van der Waals surface area contributed by atoms with Gasteiger partial charge in [0.25, 0.3) is 0 Å². The Morgan fingerprint density at radius 1 is 1.33 bits per heavy atom. The Balaban J connectivity index is 2.53. The summed E-state index contributed by atoms with van der Waals surface area (Å²) in [5.41, 5.74) is 6.10. The standard InChI is InChI=1S/C12H21NOS/c1-4-9-6-7-10(15-9)8-11(13)12(5-2)14-3/h6-7,11-12H,4-5,8,13H2,1-3H3. The minimum atomic E-state index is 0.114. The fourth-order valence-corrected chi connectivity index (χ4v) is 2.76. The molecule has 1 aromatic rings. The van der Waals surface area contributed by atoms with Crippen molar-refractivity contribution in [2.75, 3.05) is 7.11 Å². The van der Waals surface area contributed by atoms with Crippen molar-refractivity contribution >= 4 is 11.3 Å². The van der Waals surface area contributed by atoms with Gasteiger partial charge in [-0.1, -0.05) is 13.8 Å². The zero-order valence-corrected chi connectivity index (χ0v) is 10.6. The van der Waals surface area contributed by atoms with Gasteiger partial charge in [0.1, 0.15) is 0 Å². The summed E-state index contributed by atoms with van der Waals surface area (Å²) in [6.45, 7) is 4.29. The van der Waals surface area contributed by atoms with Gasteiger partial charge in [0, 0.05) is 22.9 Å². The van der Waals surface area contributed by atoms with Gasteiger partial charge in [0.2, 0.25) is 0 Å². The highest BCUT2D eigenvalue weighted by molar-refractivity contribution is 7.11. The second kappa shape index (κ2) is 6.26. The molecular weight excluding hydrogens is 206 g/mol. The number of methoxy groups -OCH3 is 1. The largest absolute Gasteiger partial charge is 0.380 e. The van der Waals surface area contributed by atoms with Crippen LogP contribution in [0.15, 0.2) is 12.1 Å². The SMILES string of the molecule is CCc1ccc(CC(N)C(CC)OC)s1. The van der Waals surface area contributed by atoms with Crippen LogP contribution < -0.4 is 5.73 Å². The molecular formula is C12H21NOS. The van der Waals surface area contributed by atoms with Gasteiger partial charge in [0.15, 0.2) is 0 Å². The van der Waals surface area contributed by atoms with Crippen LogP contribution in [-0.4, -0.2) is 19.3 Å². The number of aryl methyl sites for hydroxylation is 1. The molecule has 2 atom stereocenters. The van der Waals surface area contributed by atoms with E-state index in [1.54, 1.807) is 7.11 Å². The molecule has 0 aliphatic rings. The number of ether oxygens (including phenoxy) is 1. The summed E-state index contributed by atoms with van der Waals surface area (Å²) >= 11 is 1.86. The lowest BCUT2D eigenvalue weighted by Gasteiger charge is -2.20. The molecule has 0 saturated carbocycles. The monoisotopic (exact) mass is 227 g/mol. The van der Waals surface area contributed by atoms with Crippen LogP contribution in [0.1, 0.15) is 30.0 Å². The first-order valence-corrected chi connectivity index (χ1v) is 6.38. The number of thiophene rings is 1. The molecule has 1 heterocycles. The van der Waals surface area contributed by atoms with Crippen molar-refractivity contribution in [1.82, 2.24) is 0 Å². The maximum atomic E-state index is 6.10. The van der Waals surface area contributed by atoms with E-state index in [0.717, 1.165) is 19.3 Å². The Bertz CT molecular complexity index is 281.